The third-order valence-electron chi connectivity index (χ3n) is 4.97. The van der Waals surface area contributed by atoms with Crippen LogP contribution in [0.1, 0.15) is 30.1 Å². The van der Waals surface area contributed by atoms with Gasteiger partial charge in [0.1, 0.15) is 6.04 Å². The monoisotopic (exact) mass is 379 g/mol. The van der Waals surface area contributed by atoms with Crippen LogP contribution in [0.15, 0.2) is 60.7 Å². The summed E-state index contributed by atoms with van der Waals surface area (Å²) < 4.78 is 0. The molecular formula is C22H25N3O3. The topological polar surface area (TPSA) is 78.5 Å². The van der Waals surface area contributed by atoms with E-state index in [2.05, 4.69) is 10.6 Å². The molecular weight excluding hydrogens is 354 g/mol. The minimum atomic E-state index is -0.609. The fourth-order valence-corrected chi connectivity index (χ4v) is 3.33. The molecule has 2 aromatic rings. The van der Waals surface area contributed by atoms with Gasteiger partial charge in [-0.25, -0.2) is 0 Å². The van der Waals surface area contributed by atoms with E-state index in [0.717, 1.165) is 5.69 Å². The lowest BCUT2D eigenvalue weighted by molar-refractivity contribution is -0.135. The van der Waals surface area contributed by atoms with Crippen LogP contribution in [0.3, 0.4) is 0 Å². The van der Waals surface area contributed by atoms with Crippen LogP contribution in [0.4, 0.5) is 5.69 Å². The molecule has 146 valence electrons. The van der Waals surface area contributed by atoms with Gasteiger partial charge in [0.15, 0.2) is 0 Å². The Bertz CT molecular complexity index is 815. The van der Waals surface area contributed by atoms with Gasteiger partial charge in [0, 0.05) is 30.3 Å². The van der Waals surface area contributed by atoms with Crippen molar-refractivity contribution < 1.29 is 14.4 Å². The van der Waals surface area contributed by atoms with Crippen molar-refractivity contribution in [1.29, 1.82) is 0 Å². The average Bonchev–Trinajstić information content (AvgIpc) is 2.74. The summed E-state index contributed by atoms with van der Waals surface area (Å²) in [6.07, 6.45) is 1.23. The molecule has 1 saturated heterocycles. The van der Waals surface area contributed by atoms with Gasteiger partial charge in [-0.05, 0) is 44.0 Å². The first kappa shape index (κ1) is 19.6. The molecule has 6 nitrogen and oxygen atoms in total. The molecule has 1 aliphatic heterocycles. The normalized spacial score (nSPS) is 15.5. The highest BCUT2D eigenvalue weighted by atomic mass is 16.2. The summed E-state index contributed by atoms with van der Waals surface area (Å²) in [5.41, 5.74) is 1.31. The molecule has 0 aromatic heterocycles. The van der Waals surface area contributed by atoms with Crippen molar-refractivity contribution in [3.63, 3.8) is 0 Å². The quantitative estimate of drug-likeness (QED) is 0.838. The van der Waals surface area contributed by atoms with Gasteiger partial charge in [-0.3, -0.25) is 14.4 Å². The number of likely N-dealkylation sites (tertiary alicyclic amines) is 1. The van der Waals surface area contributed by atoms with E-state index in [0.29, 0.717) is 31.5 Å². The second-order valence-electron chi connectivity index (χ2n) is 7.02. The number of hydrogen-bond donors (Lipinski definition) is 2. The van der Waals surface area contributed by atoms with Gasteiger partial charge in [0.2, 0.25) is 11.8 Å². The molecule has 28 heavy (non-hydrogen) atoms. The highest BCUT2D eigenvalue weighted by Gasteiger charge is 2.30. The second-order valence-corrected chi connectivity index (χ2v) is 7.02. The standard InChI is InChI=1S/C22H25N3O3/c1-16(23-20(26)17-8-4-2-5-9-17)22(28)25-14-12-18(13-15-25)21(27)24-19-10-6-3-7-11-19/h2-11,16,18H,12-15H2,1H3,(H,23,26)(H,24,27). The fraction of sp³-hybridized carbons (Fsp3) is 0.318. The van der Waals surface area contributed by atoms with E-state index in [-0.39, 0.29) is 23.6 Å². The molecule has 0 aliphatic carbocycles. The van der Waals surface area contributed by atoms with Gasteiger partial charge in [0.25, 0.3) is 5.91 Å². The number of benzene rings is 2. The molecule has 0 saturated carbocycles. The number of carbonyl (C=O) groups is 3. The Hall–Kier alpha value is -3.15. The van der Waals surface area contributed by atoms with Gasteiger partial charge in [-0.15, -0.1) is 0 Å². The molecule has 0 spiro atoms. The zero-order valence-corrected chi connectivity index (χ0v) is 15.9. The lowest BCUT2D eigenvalue weighted by Gasteiger charge is -2.33. The first-order valence-electron chi connectivity index (χ1n) is 9.55. The summed E-state index contributed by atoms with van der Waals surface area (Å²) in [7, 11) is 0. The number of nitrogens with zero attached hydrogens (tertiary/aromatic N) is 1. The Morgan fingerprint density at radius 2 is 1.50 bits per heavy atom. The third-order valence-corrected chi connectivity index (χ3v) is 4.97. The molecule has 3 amide bonds. The minimum Gasteiger partial charge on any atom is -0.341 e. The van der Waals surface area contributed by atoms with Crippen molar-refractivity contribution >= 4 is 23.4 Å². The molecule has 1 fully saturated rings. The van der Waals surface area contributed by atoms with Crippen LogP contribution in [-0.2, 0) is 9.59 Å². The average molecular weight is 379 g/mol. The van der Waals surface area contributed by atoms with E-state index in [1.54, 1.807) is 36.1 Å². The van der Waals surface area contributed by atoms with E-state index >= 15 is 0 Å². The molecule has 1 aliphatic rings. The highest BCUT2D eigenvalue weighted by Crippen LogP contribution is 2.20. The van der Waals surface area contributed by atoms with Gasteiger partial charge in [0.05, 0.1) is 0 Å². The predicted molar refractivity (Wildman–Crippen MR) is 108 cm³/mol. The van der Waals surface area contributed by atoms with Crippen molar-refractivity contribution in [3.8, 4) is 0 Å². The van der Waals surface area contributed by atoms with Crippen LogP contribution in [0.5, 0.6) is 0 Å². The Kier molecular flexibility index (Phi) is 6.42. The summed E-state index contributed by atoms with van der Waals surface area (Å²) in [4.78, 5) is 39.0. The number of amides is 3. The maximum absolute atomic E-state index is 12.6. The van der Waals surface area contributed by atoms with Crippen molar-refractivity contribution in [1.82, 2.24) is 10.2 Å². The molecule has 0 radical (unpaired) electrons. The fourth-order valence-electron chi connectivity index (χ4n) is 3.33. The van der Waals surface area contributed by atoms with E-state index in [9.17, 15) is 14.4 Å². The van der Waals surface area contributed by atoms with Crippen LogP contribution in [-0.4, -0.2) is 41.8 Å². The van der Waals surface area contributed by atoms with E-state index < -0.39 is 6.04 Å². The number of para-hydroxylation sites is 1. The van der Waals surface area contributed by atoms with Gasteiger partial charge in [-0.1, -0.05) is 36.4 Å². The maximum atomic E-state index is 12.6. The lowest BCUT2D eigenvalue weighted by atomic mass is 9.95. The van der Waals surface area contributed by atoms with Gasteiger partial charge >= 0.3 is 0 Å². The van der Waals surface area contributed by atoms with E-state index in [1.807, 2.05) is 36.4 Å². The van der Waals surface area contributed by atoms with Crippen molar-refractivity contribution in [3.05, 3.63) is 66.2 Å². The summed E-state index contributed by atoms with van der Waals surface area (Å²) in [5, 5.41) is 5.67. The zero-order valence-electron chi connectivity index (χ0n) is 15.9. The van der Waals surface area contributed by atoms with Crippen LogP contribution in [0.2, 0.25) is 0 Å². The number of anilines is 1. The number of carbonyl (C=O) groups excluding carboxylic acids is 3. The van der Waals surface area contributed by atoms with E-state index in [4.69, 9.17) is 0 Å². The SMILES string of the molecule is CC(NC(=O)c1ccccc1)C(=O)N1CCC(C(=O)Nc2ccccc2)CC1. The summed E-state index contributed by atoms with van der Waals surface area (Å²) in [6.45, 7) is 2.71. The zero-order chi connectivity index (χ0) is 19.9. The van der Waals surface area contributed by atoms with Gasteiger partial charge in [-0.2, -0.15) is 0 Å². The number of rotatable bonds is 5. The second kappa shape index (κ2) is 9.17. The Labute approximate surface area is 164 Å². The Morgan fingerprint density at radius 1 is 0.929 bits per heavy atom. The molecule has 6 heteroatoms. The first-order chi connectivity index (χ1) is 13.5. The molecule has 2 N–H and O–H groups in total. The molecule has 3 rings (SSSR count). The highest BCUT2D eigenvalue weighted by molar-refractivity contribution is 5.97. The molecule has 1 unspecified atom stereocenters. The van der Waals surface area contributed by atoms with Gasteiger partial charge < -0.3 is 15.5 Å². The third kappa shape index (κ3) is 4.97. The van der Waals surface area contributed by atoms with Crippen LogP contribution >= 0.6 is 0 Å². The maximum Gasteiger partial charge on any atom is 0.251 e. The van der Waals surface area contributed by atoms with Crippen molar-refractivity contribution in [2.45, 2.75) is 25.8 Å². The van der Waals surface area contributed by atoms with Crippen LogP contribution < -0.4 is 10.6 Å². The van der Waals surface area contributed by atoms with Crippen LogP contribution in [0, 0.1) is 5.92 Å². The van der Waals surface area contributed by atoms with Crippen LogP contribution in [0.25, 0.3) is 0 Å². The first-order valence-corrected chi connectivity index (χ1v) is 9.55. The van der Waals surface area contributed by atoms with E-state index in [1.165, 1.54) is 0 Å². The van der Waals surface area contributed by atoms with Crippen molar-refractivity contribution in [2.75, 3.05) is 18.4 Å². The molecule has 0 bridgehead atoms. The Balaban J connectivity index is 1.48. The summed E-state index contributed by atoms with van der Waals surface area (Å²) >= 11 is 0. The minimum absolute atomic E-state index is 0.0104. The largest absolute Gasteiger partial charge is 0.341 e. The number of nitrogens with one attached hydrogen (secondary N) is 2. The predicted octanol–water partition coefficient (Wildman–Crippen LogP) is 2.68. The van der Waals surface area contributed by atoms with Crippen molar-refractivity contribution in [2.24, 2.45) is 5.92 Å². The smallest absolute Gasteiger partial charge is 0.251 e. The molecule has 2 aromatic carbocycles. The molecule has 1 atom stereocenters. The number of piperidine rings is 1. The Morgan fingerprint density at radius 3 is 2.11 bits per heavy atom. The number of hydrogen-bond acceptors (Lipinski definition) is 3. The molecule has 1 heterocycles. The summed E-state index contributed by atoms with van der Waals surface area (Å²) in [6, 6.07) is 17.6. The lowest BCUT2D eigenvalue weighted by Crippen LogP contribution is -2.50. The summed E-state index contributed by atoms with van der Waals surface area (Å²) in [5.74, 6) is -0.507.